The van der Waals surface area contributed by atoms with Gasteiger partial charge >= 0.3 is 0 Å². The average Bonchev–Trinajstić information content (AvgIpc) is 2.92. The number of aromatic nitrogens is 3. The van der Waals surface area contributed by atoms with Gasteiger partial charge in [-0.1, -0.05) is 43.8 Å². The molecule has 7 nitrogen and oxygen atoms in total. The molecule has 8 heteroatoms. The summed E-state index contributed by atoms with van der Waals surface area (Å²) in [5, 5.41) is 9.16. The number of fused-ring (bicyclic) bond motifs is 3. The Kier molecular flexibility index (Phi) is 6.36. The van der Waals surface area contributed by atoms with Crippen molar-refractivity contribution >= 4 is 23.4 Å². The van der Waals surface area contributed by atoms with Crippen molar-refractivity contribution in [1.29, 1.82) is 0 Å². The summed E-state index contributed by atoms with van der Waals surface area (Å²) in [6, 6.07) is 15.2. The van der Waals surface area contributed by atoms with Gasteiger partial charge in [0.05, 0.1) is 12.3 Å². The summed E-state index contributed by atoms with van der Waals surface area (Å²) in [6.45, 7) is 6.27. The van der Waals surface area contributed by atoms with Gasteiger partial charge in [0.25, 0.3) is 0 Å². The second kappa shape index (κ2) is 9.34. The van der Waals surface area contributed by atoms with Crippen LogP contribution in [0.2, 0.25) is 0 Å². The van der Waals surface area contributed by atoms with Crippen LogP contribution in [0.15, 0.2) is 53.7 Å². The predicted octanol–water partition coefficient (Wildman–Crippen LogP) is 4.88. The van der Waals surface area contributed by atoms with Crippen molar-refractivity contribution in [2.45, 2.75) is 38.6 Å². The Hall–Kier alpha value is -3.13. The monoisotopic (exact) mass is 436 g/mol. The summed E-state index contributed by atoms with van der Waals surface area (Å²) in [5.41, 5.74) is 2.79. The Balaban J connectivity index is 1.83. The van der Waals surface area contributed by atoms with Crippen LogP contribution < -0.4 is 14.4 Å². The number of hydrogen-bond acceptors (Lipinski definition) is 7. The minimum Gasteiger partial charge on any atom is -0.494 e. The quantitative estimate of drug-likeness (QED) is 0.510. The molecule has 1 atom stereocenters. The molecule has 2 aromatic carbocycles. The fourth-order valence-corrected chi connectivity index (χ4v) is 3.91. The minimum absolute atomic E-state index is 0.146. The lowest BCUT2D eigenvalue weighted by Gasteiger charge is -2.30. The van der Waals surface area contributed by atoms with Gasteiger partial charge in [-0.2, -0.15) is 4.98 Å². The van der Waals surface area contributed by atoms with E-state index in [9.17, 15) is 4.79 Å². The highest BCUT2D eigenvalue weighted by Gasteiger charge is 2.34. The van der Waals surface area contributed by atoms with Crippen molar-refractivity contribution in [1.82, 2.24) is 15.2 Å². The summed E-state index contributed by atoms with van der Waals surface area (Å²) < 4.78 is 12.0. The van der Waals surface area contributed by atoms with Crippen LogP contribution in [-0.4, -0.2) is 33.4 Å². The first-order valence-electron chi connectivity index (χ1n) is 10.3. The number of hydrogen-bond donors (Lipinski definition) is 0. The van der Waals surface area contributed by atoms with Gasteiger partial charge in [0, 0.05) is 18.1 Å². The van der Waals surface area contributed by atoms with Crippen LogP contribution in [0.3, 0.4) is 0 Å². The van der Waals surface area contributed by atoms with Gasteiger partial charge < -0.3 is 9.47 Å². The van der Waals surface area contributed by atoms with E-state index in [1.54, 1.807) is 4.90 Å². The normalized spacial score (nSPS) is 14.8. The number of ether oxygens (including phenoxy) is 2. The van der Waals surface area contributed by atoms with Gasteiger partial charge in [-0.15, -0.1) is 10.2 Å². The minimum atomic E-state index is -0.698. The lowest BCUT2D eigenvalue weighted by Crippen LogP contribution is -2.36. The molecule has 4 rings (SSSR count). The second-order valence-corrected chi connectivity index (χ2v) is 8.21. The third kappa shape index (κ3) is 4.34. The van der Waals surface area contributed by atoms with Crippen LogP contribution in [0.4, 0.5) is 5.69 Å². The van der Waals surface area contributed by atoms with E-state index in [0.717, 1.165) is 29.1 Å². The van der Waals surface area contributed by atoms with Gasteiger partial charge in [-0.05, 0) is 42.5 Å². The number of carbonyl (C=O) groups is 1. The Labute approximate surface area is 185 Å². The van der Waals surface area contributed by atoms with Crippen molar-refractivity contribution < 1.29 is 14.3 Å². The molecule has 1 aromatic heterocycles. The fraction of sp³-hybridized carbons (Fsp3) is 0.304. The third-order valence-corrected chi connectivity index (χ3v) is 5.48. The molecule has 0 fully saturated rings. The Morgan fingerprint density at radius 2 is 1.90 bits per heavy atom. The van der Waals surface area contributed by atoms with E-state index in [4.69, 9.17) is 9.47 Å². The molecule has 31 heavy (non-hydrogen) atoms. The maximum atomic E-state index is 12.8. The van der Waals surface area contributed by atoms with Crippen molar-refractivity contribution in [3.05, 3.63) is 54.1 Å². The number of rotatable bonds is 6. The lowest BCUT2D eigenvalue weighted by atomic mass is 10.1. The molecule has 0 bridgehead atoms. The first-order chi connectivity index (χ1) is 15.1. The van der Waals surface area contributed by atoms with Crippen LogP contribution in [0, 0.1) is 0 Å². The molecule has 0 N–H and O–H groups in total. The number of nitrogens with zero attached hydrogens (tertiary/aromatic N) is 4. The number of amides is 1. The summed E-state index contributed by atoms with van der Waals surface area (Å²) in [7, 11) is 0. The first-order valence-corrected chi connectivity index (χ1v) is 11.3. The molecule has 3 aromatic rings. The lowest BCUT2D eigenvalue weighted by molar-refractivity contribution is -0.118. The van der Waals surface area contributed by atoms with E-state index in [1.807, 2.05) is 55.5 Å². The molecule has 0 saturated carbocycles. The van der Waals surface area contributed by atoms with Crippen LogP contribution in [-0.2, 0) is 4.79 Å². The number of benzene rings is 2. The third-order valence-electron chi connectivity index (χ3n) is 4.76. The summed E-state index contributed by atoms with van der Waals surface area (Å²) in [4.78, 5) is 19.0. The molecule has 1 aliphatic heterocycles. The highest BCUT2D eigenvalue weighted by Crippen LogP contribution is 2.43. The molecule has 0 radical (unpaired) electrons. The molecule has 160 valence electrons. The molecule has 1 aliphatic rings. The summed E-state index contributed by atoms with van der Waals surface area (Å²) >= 11 is 1.49. The zero-order valence-electron chi connectivity index (χ0n) is 17.7. The van der Waals surface area contributed by atoms with Gasteiger partial charge in [0.1, 0.15) is 5.75 Å². The number of para-hydroxylation sites is 1. The zero-order chi connectivity index (χ0) is 21.8. The highest BCUT2D eigenvalue weighted by atomic mass is 32.2. The molecule has 2 heterocycles. The molecule has 0 unspecified atom stereocenters. The predicted molar refractivity (Wildman–Crippen MR) is 120 cm³/mol. The summed E-state index contributed by atoms with van der Waals surface area (Å²) in [6.07, 6.45) is 0.237. The average molecular weight is 437 g/mol. The van der Waals surface area contributed by atoms with Gasteiger partial charge in [0.15, 0.2) is 5.69 Å². The van der Waals surface area contributed by atoms with Crippen LogP contribution >= 0.6 is 11.8 Å². The fourth-order valence-electron chi connectivity index (χ4n) is 3.41. The number of thioether (sulfide) groups is 1. The summed E-state index contributed by atoms with van der Waals surface area (Å²) in [5.74, 6) is 1.81. The SMILES string of the molecule is CCCOc1ccc([C@@H]2Oc3nc(SCC)nnc3-c3ccccc3N2C(C)=O)cc1. The molecular formula is C23H24N4O3S. The molecule has 0 saturated heterocycles. The molecule has 0 aliphatic carbocycles. The Morgan fingerprint density at radius 1 is 1.13 bits per heavy atom. The van der Waals surface area contributed by atoms with E-state index in [2.05, 4.69) is 22.1 Å². The maximum absolute atomic E-state index is 12.8. The highest BCUT2D eigenvalue weighted by molar-refractivity contribution is 7.99. The second-order valence-electron chi connectivity index (χ2n) is 6.98. The van der Waals surface area contributed by atoms with Crippen molar-refractivity contribution in [2.75, 3.05) is 17.3 Å². The van der Waals surface area contributed by atoms with Crippen molar-refractivity contribution in [3.63, 3.8) is 0 Å². The van der Waals surface area contributed by atoms with Crippen LogP contribution in [0.25, 0.3) is 11.3 Å². The maximum Gasteiger partial charge on any atom is 0.247 e. The van der Waals surface area contributed by atoms with E-state index >= 15 is 0 Å². The largest absolute Gasteiger partial charge is 0.494 e. The standard InChI is InChI=1S/C23H24N4O3S/c1-4-14-29-17-12-10-16(11-13-17)22-27(15(3)28)19-9-7-6-8-18(19)20-21(30-22)24-23(26-25-20)31-5-2/h6-13,22H,4-5,14H2,1-3H3/t22-/m0/s1. The Morgan fingerprint density at radius 3 is 2.61 bits per heavy atom. The molecule has 0 spiro atoms. The van der Waals surface area contributed by atoms with E-state index in [-0.39, 0.29) is 5.91 Å². The van der Waals surface area contributed by atoms with Crippen molar-refractivity contribution in [2.24, 2.45) is 0 Å². The van der Waals surface area contributed by atoms with Crippen LogP contribution in [0.5, 0.6) is 11.6 Å². The van der Waals surface area contributed by atoms with E-state index in [1.165, 1.54) is 18.7 Å². The molecular weight excluding hydrogens is 412 g/mol. The van der Waals surface area contributed by atoms with E-state index in [0.29, 0.717) is 29.0 Å². The number of carbonyl (C=O) groups excluding carboxylic acids is 1. The zero-order valence-corrected chi connectivity index (χ0v) is 18.6. The first kappa shape index (κ1) is 21.1. The Bertz CT molecular complexity index is 1070. The smallest absolute Gasteiger partial charge is 0.247 e. The van der Waals surface area contributed by atoms with Gasteiger partial charge in [-0.3, -0.25) is 9.69 Å². The van der Waals surface area contributed by atoms with Crippen LogP contribution in [0.1, 0.15) is 39.0 Å². The van der Waals surface area contributed by atoms with Gasteiger partial charge in [-0.25, -0.2) is 0 Å². The van der Waals surface area contributed by atoms with E-state index < -0.39 is 6.23 Å². The van der Waals surface area contributed by atoms with Gasteiger partial charge in [0.2, 0.25) is 23.2 Å². The topological polar surface area (TPSA) is 77.4 Å². The number of anilines is 1. The molecule has 1 amide bonds. The van der Waals surface area contributed by atoms with Crippen molar-refractivity contribution in [3.8, 4) is 22.9 Å².